The number of benzene rings is 1. The number of hydrogen-bond donors (Lipinski definition) is 2. The molecule has 116 valence electrons. The van der Waals surface area contributed by atoms with Gasteiger partial charge >= 0.3 is 5.97 Å². The summed E-state index contributed by atoms with van der Waals surface area (Å²) in [4.78, 5) is 22.9. The van der Waals surface area contributed by atoms with Crippen molar-refractivity contribution in [3.8, 4) is 5.75 Å². The van der Waals surface area contributed by atoms with Crippen LogP contribution in [0.25, 0.3) is 0 Å². The third-order valence-electron chi connectivity index (χ3n) is 2.55. The fraction of sp³-hybridized carbons (Fsp3) is 0.385. The molecule has 1 rings (SSSR count). The second-order valence-corrected chi connectivity index (χ2v) is 5.47. The Morgan fingerprint density at radius 1 is 1.48 bits per heavy atom. The zero-order chi connectivity index (χ0) is 16.0. The minimum atomic E-state index is -1.12. The number of rotatable bonds is 6. The number of amides is 1. The molecule has 0 aliphatic carbocycles. The van der Waals surface area contributed by atoms with E-state index in [4.69, 9.17) is 21.4 Å². The van der Waals surface area contributed by atoms with Gasteiger partial charge in [0.15, 0.2) is 12.6 Å². The molecule has 0 saturated heterocycles. The van der Waals surface area contributed by atoms with Gasteiger partial charge in [-0.1, -0.05) is 27.5 Å². The van der Waals surface area contributed by atoms with Gasteiger partial charge in [-0.3, -0.25) is 4.79 Å². The van der Waals surface area contributed by atoms with Crippen LogP contribution in [-0.4, -0.2) is 43.3 Å². The van der Waals surface area contributed by atoms with E-state index in [0.717, 1.165) is 10.0 Å². The van der Waals surface area contributed by atoms with Crippen LogP contribution in [0.4, 0.5) is 0 Å². The Morgan fingerprint density at radius 3 is 2.67 bits per heavy atom. The minimum absolute atomic E-state index is 0.338. The molecule has 0 aliphatic heterocycles. The van der Waals surface area contributed by atoms with Crippen molar-refractivity contribution in [2.24, 2.45) is 0 Å². The Balaban J connectivity index is 2.63. The van der Waals surface area contributed by atoms with Crippen molar-refractivity contribution in [3.05, 3.63) is 27.2 Å². The lowest BCUT2D eigenvalue weighted by Gasteiger charge is -2.15. The molecular weight excluding hydrogens is 366 g/mol. The second-order valence-electron chi connectivity index (χ2n) is 4.15. The normalized spacial score (nSPS) is 11.7. The molecule has 0 bridgehead atoms. The van der Waals surface area contributed by atoms with Crippen molar-refractivity contribution >= 4 is 39.4 Å². The molecule has 8 heteroatoms. The summed E-state index contributed by atoms with van der Waals surface area (Å²) < 4.78 is 10.6. The van der Waals surface area contributed by atoms with Gasteiger partial charge in [-0.05, 0) is 24.6 Å². The van der Waals surface area contributed by atoms with Crippen LogP contribution in [-0.2, 0) is 14.3 Å². The van der Waals surface area contributed by atoms with E-state index >= 15 is 0 Å². The number of nitrogens with one attached hydrogen (secondary N) is 1. The predicted molar refractivity (Wildman–Crippen MR) is 80.4 cm³/mol. The summed E-state index contributed by atoms with van der Waals surface area (Å²) in [5.74, 6) is -0.921. The molecule has 0 radical (unpaired) electrons. The van der Waals surface area contributed by atoms with Crippen molar-refractivity contribution in [3.63, 3.8) is 0 Å². The minimum Gasteiger partial charge on any atom is -0.482 e. The highest BCUT2D eigenvalue weighted by molar-refractivity contribution is 9.10. The lowest BCUT2D eigenvalue weighted by molar-refractivity contribution is -0.146. The summed E-state index contributed by atoms with van der Waals surface area (Å²) in [6, 6.07) is 2.32. The Labute approximate surface area is 135 Å². The molecule has 0 fully saturated rings. The summed E-state index contributed by atoms with van der Waals surface area (Å²) in [7, 11) is 1.17. The first-order valence-corrected chi connectivity index (χ1v) is 7.12. The van der Waals surface area contributed by atoms with Crippen LogP contribution in [0.5, 0.6) is 5.75 Å². The number of halogens is 2. The van der Waals surface area contributed by atoms with Crippen LogP contribution in [0.2, 0.25) is 5.02 Å². The van der Waals surface area contributed by atoms with Crippen molar-refractivity contribution in [2.45, 2.75) is 13.0 Å². The molecule has 1 atom stereocenters. The summed E-state index contributed by atoms with van der Waals surface area (Å²) >= 11 is 9.32. The van der Waals surface area contributed by atoms with Crippen molar-refractivity contribution < 1.29 is 24.2 Å². The second kappa shape index (κ2) is 8.21. The molecule has 21 heavy (non-hydrogen) atoms. The molecule has 1 aromatic rings. The third kappa shape index (κ3) is 5.18. The highest BCUT2D eigenvalue weighted by Crippen LogP contribution is 2.31. The Hall–Kier alpha value is -1.31. The van der Waals surface area contributed by atoms with Crippen molar-refractivity contribution in [2.75, 3.05) is 20.3 Å². The number of carbonyl (C=O) groups excluding carboxylic acids is 2. The molecule has 0 unspecified atom stereocenters. The fourth-order valence-corrected chi connectivity index (χ4v) is 2.59. The summed E-state index contributed by atoms with van der Waals surface area (Å²) in [5.41, 5.74) is 0.758. The molecule has 0 aliphatic rings. The summed E-state index contributed by atoms with van der Waals surface area (Å²) in [6.45, 7) is 0.890. The van der Waals surface area contributed by atoms with Gasteiger partial charge < -0.3 is 19.9 Å². The number of methoxy groups -OCH3 is 1. The summed E-state index contributed by atoms with van der Waals surface area (Å²) in [5, 5.41) is 11.7. The van der Waals surface area contributed by atoms with Gasteiger partial charge in [-0.15, -0.1) is 0 Å². The van der Waals surface area contributed by atoms with E-state index in [0.29, 0.717) is 10.8 Å². The highest BCUT2D eigenvalue weighted by atomic mass is 79.9. The van der Waals surface area contributed by atoms with Crippen LogP contribution < -0.4 is 10.1 Å². The van der Waals surface area contributed by atoms with Gasteiger partial charge in [0, 0.05) is 4.47 Å². The van der Waals surface area contributed by atoms with E-state index in [1.807, 2.05) is 0 Å². The maximum Gasteiger partial charge on any atom is 0.330 e. The average molecular weight is 381 g/mol. The van der Waals surface area contributed by atoms with Crippen LogP contribution in [0, 0.1) is 6.92 Å². The first-order chi connectivity index (χ1) is 9.88. The SMILES string of the molecule is COC(=O)[C@H](CO)NC(=O)COc1c(C)cc(Br)cc1Cl. The predicted octanol–water partition coefficient (Wildman–Crippen LogP) is 1.44. The molecule has 2 N–H and O–H groups in total. The number of carbonyl (C=O) groups is 2. The van der Waals surface area contributed by atoms with Crippen LogP contribution in [0.1, 0.15) is 5.56 Å². The zero-order valence-electron chi connectivity index (χ0n) is 11.5. The lowest BCUT2D eigenvalue weighted by Crippen LogP contribution is -2.45. The molecule has 0 heterocycles. The first-order valence-electron chi connectivity index (χ1n) is 5.95. The van der Waals surface area contributed by atoms with E-state index in [1.54, 1.807) is 19.1 Å². The van der Waals surface area contributed by atoms with E-state index in [1.165, 1.54) is 7.11 Å². The van der Waals surface area contributed by atoms with Gasteiger partial charge in [0.2, 0.25) is 0 Å². The van der Waals surface area contributed by atoms with Crippen LogP contribution in [0.15, 0.2) is 16.6 Å². The molecule has 6 nitrogen and oxygen atoms in total. The van der Waals surface area contributed by atoms with Crippen molar-refractivity contribution in [1.29, 1.82) is 0 Å². The molecule has 1 amide bonds. The largest absolute Gasteiger partial charge is 0.482 e. The Bertz CT molecular complexity index is 514. The maximum atomic E-state index is 11.7. The molecule has 0 spiro atoms. The van der Waals surface area contributed by atoms with Gasteiger partial charge in [-0.25, -0.2) is 4.79 Å². The quantitative estimate of drug-likeness (QED) is 0.730. The Kier molecular flexibility index (Phi) is 6.94. The maximum absolute atomic E-state index is 11.7. The Morgan fingerprint density at radius 2 is 2.14 bits per heavy atom. The first kappa shape index (κ1) is 17.7. The van der Waals surface area contributed by atoms with Crippen molar-refractivity contribution in [1.82, 2.24) is 5.32 Å². The monoisotopic (exact) mass is 379 g/mol. The third-order valence-corrected chi connectivity index (χ3v) is 3.28. The highest BCUT2D eigenvalue weighted by Gasteiger charge is 2.20. The topological polar surface area (TPSA) is 84.9 Å². The number of aliphatic hydroxyl groups is 1. The van der Waals surface area contributed by atoms with Gasteiger partial charge in [0.25, 0.3) is 5.91 Å². The number of aryl methyl sites for hydroxylation is 1. The molecule has 0 aromatic heterocycles. The van der Waals surface area contributed by atoms with Gasteiger partial charge in [-0.2, -0.15) is 0 Å². The molecule has 1 aromatic carbocycles. The number of aliphatic hydroxyl groups excluding tert-OH is 1. The molecule has 0 saturated carbocycles. The number of esters is 1. The smallest absolute Gasteiger partial charge is 0.330 e. The van der Waals surface area contributed by atoms with E-state index in [-0.39, 0.29) is 6.61 Å². The standard InChI is InChI=1S/C13H15BrClNO5/c1-7-3-8(14)4-9(15)12(7)21-6-11(18)16-10(5-17)13(19)20-2/h3-4,10,17H,5-6H2,1-2H3,(H,16,18)/t10-/m0/s1. The van der Waals surface area contributed by atoms with E-state index in [2.05, 4.69) is 26.0 Å². The average Bonchev–Trinajstić information content (AvgIpc) is 2.42. The molecular formula is C13H15BrClNO5. The lowest BCUT2D eigenvalue weighted by atomic mass is 10.2. The van der Waals surface area contributed by atoms with Crippen LogP contribution >= 0.6 is 27.5 Å². The van der Waals surface area contributed by atoms with Gasteiger partial charge in [0.1, 0.15) is 5.75 Å². The van der Waals surface area contributed by atoms with E-state index < -0.39 is 24.5 Å². The fourth-order valence-electron chi connectivity index (χ4n) is 1.57. The van der Waals surface area contributed by atoms with E-state index in [9.17, 15) is 9.59 Å². The number of ether oxygens (including phenoxy) is 2. The number of hydrogen-bond acceptors (Lipinski definition) is 5. The zero-order valence-corrected chi connectivity index (χ0v) is 13.8. The van der Waals surface area contributed by atoms with Gasteiger partial charge in [0.05, 0.1) is 18.7 Å². The summed E-state index contributed by atoms with van der Waals surface area (Å²) in [6.07, 6.45) is 0. The van der Waals surface area contributed by atoms with Crippen LogP contribution in [0.3, 0.4) is 0 Å².